The second-order valence-corrected chi connectivity index (χ2v) is 11.8. The Kier molecular flexibility index (Phi) is 7.64. The number of nitrogens with one attached hydrogen (secondary N) is 1. The molecule has 3 aliphatic carbocycles. The number of hydrogen-bond acceptors (Lipinski definition) is 10. The van der Waals surface area contributed by atoms with Crippen molar-refractivity contribution in [3.8, 4) is 5.75 Å². The number of anilines is 2. The van der Waals surface area contributed by atoms with Crippen molar-refractivity contribution in [2.24, 2.45) is 28.3 Å². The Morgan fingerprint density at radius 3 is 2.34 bits per heavy atom. The number of aliphatic imine (C=N–C) groups is 1. The normalized spacial score (nSPS) is 25.0. The molecule has 5 rings (SSSR count). The first-order chi connectivity index (χ1) is 20.7. The number of amides is 1. The van der Waals surface area contributed by atoms with E-state index < -0.39 is 63.8 Å². The van der Waals surface area contributed by atoms with Crippen molar-refractivity contribution in [1.82, 2.24) is 4.90 Å². The first-order valence-electron chi connectivity index (χ1n) is 14.0. The molecule has 0 unspecified atom stereocenters. The van der Waals surface area contributed by atoms with Crippen LogP contribution < -0.4 is 21.7 Å². The molecule has 2 aromatic carbocycles. The van der Waals surface area contributed by atoms with Gasteiger partial charge in [0.05, 0.1) is 23.8 Å². The van der Waals surface area contributed by atoms with E-state index in [1.54, 1.807) is 39.2 Å². The predicted octanol–water partition coefficient (Wildman–Crippen LogP) is 0.957. The van der Waals surface area contributed by atoms with E-state index in [1.165, 1.54) is 4.90 Å². The van der Waals surface area contributed by atoms with Gasteiger partial charge in [0, 0.05) is 31.3 Å². The van der Waals surface area contributed by atoms with Crippen molar-refractivity contribution < 1.29 is 34.8 Å². The van der Waals surface area contributed by atoms with E-state index in [9.17, 15) is 34.8 Å². The van der Waals surface area contributed by atoms with E-state index in [0.717, 1.165) is 5.56 Å². The molecule has 0 bridgehead atoms. The van der Waals surface area contributed by atoms with Gasteiger partial charge in [-0.25, -0.2) is 4.99 Å². The van der Waals surface area contributed by atoms with Gasteiger partial charge in [0.25, 0.3) is 5.91 Å². The molecule has 13 nitrogen and oxygen atoms in total. The van der Waals surface area contributed by atoms with Gasteiger partial charge in [0.15, 0.2) is 17.3 Å². The molecule has 0 aromatic heterocycles. The number of hydrogen-bond donors (Lipinski definition) is 7. The standard InChI is InChI=1S/C31H36N6O7/c1-36(2)19-12-18(35-30(33)34-13-14-8-6-5-7-9-14)24(38)21-16(19)10-15-11-17-23(37(3)4)26(40)22(29(32)43)28(42)31(17,44)27(41)20(15)25(21)39/h5-9,12,15,17,23,38-39,42,44H,10-11,13H2,1-4H3,(H2,32,43)(H3,33,34,35)/t15-,17-,23-,31-/m1/s1. The fraction of sp³-hybridized carbons (Fsp3) is 0.355. The zero-order valence-corrected chi connectivity index (χ0v) is 24.8. The molecule has 232 valence electrons. The molecule has 1 saturated carbocycles. The maximum Gasteiger partial charge on any atom is 0.255 e. The molecule has 1 amide bonds. The van der Waals surface area contributed by atoms with Crippen LogP contribution in [-0.4, -0.2) is 88.6 Å². The summed E-state index contributed by atoms with van der Waals surface area (Å²) in [6.07, 6.45) is 0.159. The van der Waals surface area contributed by atoms with Crippen LogP contribution in [-0.2, 0) is 27.3 Å². The zero-order chi connectivity index (χ0) is 32.2. The number of ketones is 2. The Morgan fingerprint density at radius 1 is 1.09 bits per heavy atom. The average Bonchev–Trinajstić information content (AvgIpc) is 2.95. The largest absolute Gasteiger partial charge is 0.508 e. The topological polar surface area (TPSA) is 215 Å². The van der Waals surface area contributed by atoms with Crippen LogP contribution in [0.2, 0.25) is 0 Å². The number of aliphatic hydroxyl groups is 3. The minimum atomic E-state index is -2.71. The average molecular weight is 605 g/mol. The number of rotatable bonds is 6. The summed E-state index contributed by atoms with van der Waals surface area (Å²) in [7, 11) is 6.67. The third kappa shape index (κ3) is 4.64. The third-order valence-corrected chi connectivity index (χ3v) is 8.72. The van der Waals surface area contributed by atoms with Gasteiger partial charge < -0.3 is 42.1 Å². The van der Waals surface area contributed by atoms with Gasteiger partial charge in [0.1, 0.15) is 22.8 Å². The van der Waals surface area contributed by atoms with Crippen LogP contribution in [0, 0.1) is 11.8 Å². The number of benzene rings is 2. The van der Waals surface area contributed by atoms with Crippen LogP contribution in [0.3, 0.4) is 0 Å². The lowest BCUT2D eigenvalue weighted by atomic mass is 9.57. The second-order valence-electron chi connectivity index (χ2n) is 11.8. The molecule has 0 spiro atoms. The van der Waals surface area contributed by atoms with E-state index in [2.05, 4.69) is 10.3 Å². The van der Waals surface area contributed by atoms with Gasteiger partial charge in [-0.2, -0.15) is 0 Å². The Morgan fingerprint density at radius 2 is 1.75 bits per heavy atom. The van der Waals surface area contributed by atoms with Gasteiger partial charge in [-0.05, 0) is 50.0 Å². The van der Waals surface area contributed by atoms with Gasteiger partial charge in [-0.15, -0.1) is 0 Å². The summed E-state index contributed by atoms with van der Waals surface area (Å²) in [6, 6.07) is 9.90. The van der Waals surface area contributed by atoms with Crippen LogP contribution in [0.15, 0.2) is 58.3 Å². The number of nitrogens with zero attached hydrogens (tertiary/aromatic N) is 3. The lowest BCUT2D eigenvalue weighted by Gasteiger charge is -2.50. The summed E-state index contributed by atoms with van der Waals surface area (Å²) in [4.78, 5) is 47.1. The first kappa shape index (κ1) is 30.6. The Bertz CT molecular complexity index is 1660. The molecule has 0 heterocycles. The molecule has 4 atom stereocenters. The zero-order valence-electron chi connectivity index (χ0n) is 24.8. The van der Waals surface area contributed by atoms with E-state index in [4.69, 9.17) is 11.5 Å². The molecule has 44 heavy (non-hydrogen) atoms. The van der Waals surface area contributed by atoms with E-state index in [0.29, 0.717) is 11.3 Å². The molecule has 13 heteroatoms. The fourth-order valence-electron chi connectivity index (χ4n) is 6.72. The van der Waals surface area contributed by atoms with Crippen LogP contribution >= 0.6 is 0 Å². The minimum Gasteiger partial charge on any atom is -0.508 e. The molecule has 9 N–H and O–H groups in total. The number of phenolic OH excluding ortho intramolecular Hbond substituents is 1. The summed E-state index contributed by atoms with van der Waals surface area (Å²) in [6.45, 7) is 0.276. The number of Topliss-reactive ketones (excluding diaryl/α,β-unsaturated/α-hetero) is 2. The van der Waals surface area contributed by atoms with Crippen molar-refractivity contribution in [2.75, 3.05) is 38.4 Å². The number of aromatic hydroxyl groups is 1. The number of aliphatic hydroxyl groups excluding tert-OH is 2. The second kappa shape index (κ2) is 11.0. The first-order valence-corrected chi connectivity index (χ1v) is 14.0. The molecule has 2 aromatic rings. The summed E-state index contributed by atoms with van der Waals surface area (Å²) < 4.78 is 0. The quantitative estimate of drug-likeness (QED) is 0.107. The molecule has 3 aliphatic rings. The van der Waals surface area contributed by atoms with Crippen LogP contribution in [0.25, 0.3) is 5.76 Å². The van der Waals surface area contributed by atoms with Crippen molar-refractivity contribution in [3.05, 3.63) is 70.0 Å². The number of nitrogens with two attached hydrogens (primary N) is 2. The minimum absolute atomic E-state index is 0.00150. The van der Waals surface area contributed by atoms with Crippen molar-refractivity contribution in [3.63, 3.8) is 0 Å². The highest BCUT2D eigenvalue weighted by molar-refractivity contribution is 6.24. The van der Waals surface area contributed by atoms with Crippen molar-refractivity contribution in [1.29, 1.82) is 0 Å². The van der Waals surface area contributed by atoms with E-state index in [-0.39, 0.29) is 42.2 Å². The molecular formula is C31H36N6O7. The SMILES string of the molecule is CN(C)c1cc(NC(N)=NCc2ccccc2)c(O)c2c1C[C@@H]1C[C@@H]3[C@@H](N(C)C)C(=O)C(C(N)=O)=C(O)[C@]3(O)C(=O)C1=C2O. The molecule has 0 aliphatic heterocycles. The number of likely N-dealkylation sites (N-methyl/N-ethyl adjacent to an activating group) is 1. The summed E-state index contributed by atoms with van der Waals surface area (Å²) in [5.74, 6) is -7.15. The summed E-state index contributed by atoms with van der Waals surface area (Å²) >= 11 is 0. The number of carbonyl (C=O) groups excluding carboxylic acids is 3. The summed E-state index contributed by atoms with van der Waals surface area (Å²) in [5.41, 5.74) is 9.83. The fourth-order valence-corrected chi connectivity index (χ4v) is 6.72. The van der Waals surface area contributed by atoms with Crippen molar-refractivity contribution >= 4 is 40.6 Å². The Hall–Kier alpha value is -4.88. The maximum absolute atomic E-state index is 14.1. The molecule has 0 radical (unpaired) electrons. The van der Waals surface area contributed by atoms with Crippen LogP contribution in [0.4, 0.5) is 11.4 Å². The van der Waals surface area contributed by atoms with E-state index >= 15 is 0 Å². The van der Waals surface area contributed by atoms with Gasteiger partial charge in [0.2, 0.25) is 5.78 Å². The highest BCUT2D eigenvalue weighted by Gasteiger charge is 2.64. The number of phenols is 1. The monoisotopic (exact) mass is 604 g/mol. The highest BCUT2D eigenvalue weighted by Crippen LogP contribution is 2.54. The molecule has 0 saturated heterocycles. The summed E-state index contributed by atoms with van der Waals surface area (Å²) in [5, 5.41) is 48.8. The van der Waals surface area contributed by atoms with Gasteiger partial charge >= 0.3 is 0 Å². The number of guanidine groups is 1. The number of fused-ring (bicyclic) bond motifs is 3. The number of carbonyl (C=O) groups is 3. The third-order valence-electron chi connectivity index (χ3n) is 8.72. The lowest BCUT2D eigenvalue weighted by molar-refractivity contribution is -0.153. The van der Waals surface area contributed by atoms with Crippen molar-refractivity contribution in [2.45, 2.75) is 31.0 Å². The Labute approximate surface area is 253 Å². The maximum atomic E-state index is 14.1. The Balaban J connectivity index is 1.63. The molecule has 1 fully saturated rings. The lowest BCUT2D eigenvalue weighted by Crippen LogP contribution is -2.65. The van der Waals surface area contributed by atoms with Gasteiger partial charge in [-0.1, -0.05) is 30.3 Å². The van der Waals surface area contributed by atoms with E-state index in [1.807, 2.05) is 30.3 Å². The number of primary amides is 1. The smallest absolute Gasteiger partial charge is 0.255 e. The highest BCUT2D eigenvalue weighted by atomic mass is 16.3. The van der Waals surface area contributed by atoms with Gasteiger partial charge in [-0.3, -0.25) is 19.3 Å². The molecular weight excluding hydrogens is 568 g/mol. The van der Waals surface area contributed by atoms with Crippen LogP contribution in [0.1, 0.15) is 23.1 Å². The van der Waals surface area contributed by atoms with Crippen LogP contribution in [0.5, 0.6) is 5.75 Å². The predicted molar refractivity (Wildman–Crippen MR) is 164 cm³/mol.